The highest BCUT2D eigenvalue weighted by molar-refractivity contribution is 5.33. The Labute approximate surface area is 127 Å². The highest BCUT2D eigenvalue weighted by Crippen LogP contribution is 2.30. The summed E-state index contributed by atoms with van der Waals surface area (Å²) in [5.41, 5.74) is 0.321. The summed E-state index contributed by atoms with van der Waals surface area (Å²) in [5, 5.41) is 29.7. The first kappa shape index (κ1) is 14.6. The summed E-state index contributed by atoms with van der Waals surface area (Å²) in [4.78, 5) is 2.05. The number of aliphatic hydroxyl groups is 1. The van der Waals surface area contributed by atoms with Crippen LogP contribution < -0.4 is 0 Å². The van der Waals surface area contributed by atoms with Crippen LogP contribution in [0.4, 0.5) is 4.39 Å². The minimum absolute atomic E-state index is 0.0431. The molecule has 2 heterocycles. The Bertz CT molecular complexity index is 696. The third kappa shape index (κ3) is 2.84. The normalized spacial score (nSPS) is 22.4. The number of rotatable bonds is 3. The van der Waals surface area contributed by atoms with Gasteiger partial charge >= 0.3 is 0 Å². The van der Waals surface area contributed by atoms with Gasteiger partial charge in [0, 0.05) is 13.1 Å². The quantitative estimate of drug-likeness (QED) is 0.892. The second kappa shape index (κ2) is 5.83. The molecule has 0 amide bonds. The number of aromatic nitrogens is 3. The lowest BCUT2D eigenvalue weighted by molar-refractivity contribution is -0.0414. The van der Waals surface area contributed by atoms with Crippen LogP contribution in [0.5, 0.6) is 0 Å². The fourth-order valence-corrected chi connectivity index (χ4v) is 2.90. The number of hydrogen-bond acceptors (Lipinski definition) is 5. The Morgan fingerprint density at radius 3 is 3.05 bits per heavy atom. The summed E-state index contributed by atoms with van der Waals surface area (Å²) in [6.07, 6.45) is 2.98. The maximum absolute atomic E-state index is 13.7. The van der Waals surface area contributed by atoms with Crippen molar-refractivity contribution in [3.63, 3.8) is 0 Å². The molecule has 2 N–H and O–H groups in total. The molecule has 0 aliphatic carbocycles. The van der Waals surface area contributed by atoms with Crippen LogP contribution in [0.25, 0.3) is 0 Å². The van der Waals surface area contributed by atoms with Gasteiger partial charge in [-0.25, -0.2) is 4.39 Å². The molecule has 2 aromatic rings. The number of nitrogens with one attached hydrogen (secondary N) is 1. The van der Waals surface area contributed by atoms with Gasteiger partial charge < -0.3 is 5.11 Å². The average molecular weight is 301 g/mol. The van der Waals surface area contributed by atoms with Gasteiger partial charge in [-0.3, -0.25) is 4.90 Å². The first-order valence-corrected chi connectivity index (χ1v) is 7.10. The lowest BCUT2D eigenvalue weighted by atomic mass is 9.90. The third-order valence-electron chi connectivity index (χ3n) is 4.00. The highest BCUT2D eigenvalue weighted by atomic mass is 19.1. The van der Waals surface area contributed by atoms with Crippen LogP contribution in [0.3, 0.4) is 0 Å². The molecule has 6 nitrogen and oxygen atoms in total. The number of piperidine rings is 1. The van der Waals surface area contributed by atoms with E-state index in [1.54, 1.807) is 6.07 Å². The molecule has 0 bridgehead atoms. The van der Waals surface area contributed by atoms with Gasteiger partial charge in [-0.1, -0.05) is 6.07 Å². The molecule has 1 fully saturated rings. The third-order valence-corrected chi connectivity index (χ3v) is 4.00. The lowest BCUT2D eigenvalue weighted by Gasteiger charge is -2.38. The molecule has 114 valence electrons. The van der Waals surface area contributed by atoms with Crippen LogP contribution in [0.1, 0.15) is 29.7 Å². The molecule has 1 aliphatic rings. The maximum Gasteiger partial charge on any atom is 0.141 e. The second-order valence-corrected chi connectivity index (χ2v) is 5.63. The number of H-pyrrole nitrogens is 1. The SMILES string of the molecule is N#Cc1ccc(CN2CCCC(O)(c3cn[nH]n3)C2)cc1F. The zero-order chi connectivity index (χ0) is 15.6. The van der Waals surface area contributed by atoms with Crippen molar-refractivity contribution < 1.29 is 9.50 Å². The molecule has 1 aromatic heterocycles. The fourth-order valence-electron chi connectivity index (χ4n) is 2.90. The molecule has 0 saturated carbocycles. The number of likely N-dealkylation sites (tertiary alicyclic amines) is 1. The Balaban J connectivity index is 1.73. The van der Waals surface area contributed by atoms with Crippen molar-refractivity contribution in [2.24, 2.45) is 0 Å². The molecule has 1 saturated heterocycles. The van der Waals surface area contributed by atoms with Crippen LogP contribution in [0.2, 0.25) is 0 Å². The zero-order valence-corrected chi connectivity index (χ0v) is 12.0. The molecule has 3 rings (SSSR count). The topological polar surface area (TPSA) is 88.8 Å². The molecular formula is C15H16FN5O. The first-order valence-electron chi connectivity index (χ1n) is 7.10. The van der Waals surface area contributed by atoms with Crippen molar-refractivity contribution in [3.8, 4) is 6.07 Å². The number of aromatic amines is 1. The van der Waals surface area contributed by atoms with Gasteiger partial charge in [0.2, 0.25) is 0 Å². The van der Waals surface area contributed by atoms with E-state index in [2.05, 4.69) is 20.3 Å². The van der Waals surface area contributed by atoms with E-state index in [9.17, 15) is 9.50 Å². The highest BCUT2D eigenvalue weighted by Gasteiger charge is 2.37. The van der Waals surface area contributed by atoms with E-state index in [1.165, 1.54) is 18.3 Å². The van der Waals surface area contributed by atoms with E-state index >= 15 is 0 Å². The lowest BCUT2D eigenvalue weighted by Crippen LogP contribution is -2.45. The van der Waals surface area contributed by atoms with E-state index in [0.29, 0.717) is 25.2 Å². The van der Waals surface area contributed by atoms with E-state index < -0.39 is 11.4 Å². The molecule has 0 radical (unpaired) electrons. The van der Waals surface area contributed by atoms with Crippen molar-refractivity contribution in [1.29, 1.82) is 5.26 Å². The summed E-state index contributed by atoms with van der Waals surface area (Å²) >= 11 is 0. The number of halogens is 1. The van der Waals surface area contributed by atoms with E-state index in [-0.39, 0.29) is 5.56 Å². The van der Waals surface area contributed by atoms with E-state index in [4.69, 9.17) is 5.26 Å². The van der Waals surface area contributed by atoms with Gasteiger partial charge in [0.1, 0.15) is 23.2 Å². The number of nitrogens with zero attached hydrogens (tertiary/aromatic N) is 4. The minimum atomic E-state index is -1.03. The Kier molecular flexibility index (Phi) is 3.88. The van der Waals surface area contributed by atoms with Crippen LogP contribution in [0, 0.1) is 17.1 Å². The number of hydrogen-bond donors (Lipinski definition) is 2. The van der Waals surface area contributed by atoms with Crippen LogP contribution in [-0.4, -0.2) is 38.5 Å². The van der Waals surface area contributed by atoms with Crippen LogP contribution in [-0.2, 0) is 12.1 Å². The Morgan fingerprint density at radius 1 is 1.50 bits per heavy atom. The predicted molar refractivity (Wildman–Crippen MR) is 75.9 cm³/mol. The molecule has 0 spiro atoms. The van der Waals surface area contributed by atoms with Gasteiger partial charge in [0.05, 0.1) is 11.8 Å². The molecule has 7 heteroatoms. The summed E-state index contributed by atoms with van der Waals surface area (Å²) in [6, 6.07) is 6.41. The number of β-amino-alcohol motifs (C(OH)–C–C–N with tert-alkyl or cyclic N) is 1. The Morgan fingerprint density at radius 2 is 2.36 bits per heavy atom. The van der Waals surface area contributed by atoms with Gasteiger partial charge in [-0.2, -0.15) is 20.7 Å². The number of benzene rings is 1. The van der Waals surface area contributed by atoms with Gasteiger partial charge in [0.25, 0.3) is 0 Å². The summed E-state index contributed by atoms with van der Waals surface area (Å²) < 4.78 is 13.7. The monoisotopic (exact) mass is 301 g/mol. The van der Waals surface area contributed by atoms with Crippen molar-refractivity contribution in [3.05, 3.63) is 47.0 Å². The second-order valence-electron chi connectivity index (χ2n) is 5.63. The summed E-state index contributed by atoms with van der Waals surface area (Å²) in [6.45, 7) is 1.76. The van der Waals surface area contributed by atoms with Gasteiger partial charge in [-0.05, 0) is 37.1 Å². The number of nitriles is 1. The van der Waals surface area contributed by atoms with Crippen LogP contribution in [0.15, 0.2) is 24.4 Å². The minimum Gasteiger partial charge on any atom is -0.382 e. The molecule has 1 aliphatic heterocycles. The first-order chi connectivity index (χ1) is 10.6. The summed E-state index contributed by atoms with van der Waals surface area (Å²) in [7, 11) is 0. The summed E-state index contributed by atoms with van der Waals surface area (Å²) in [5.74, 6) is -0.510. The Hall–Kier alpha value is -2.30. The zero-order valence-electron chi connectivity index (χ0n) is 12.0. The molecule has 1 unspecified atom stereocenters. The molecular weight excluding hydrogens is 285 g/mol. The maximum atomic E-state index is 13.7. The molecule has 1 atom stereocenters. The van der Waals surface area contributed by atoms with E-state index in [0.717, 1.165) is 18.5 Å². The molecule has 22 heavy (non-hydrogen) atoms. The largest absolute Gasteiger partial charge is 0.382 e. The van der Waals surface area contributed by atoms with Crippen molar-refractivity contribution in [2.75, 3.05) is 13.1 Å². The average Bonchev–Trinajstić information content (AvgIpc) is 3.03. The molecule has 1 aromatic carbocycles. The smallest absolute Gasteiger partial charge is 0.141 e. The fraction of sp³-hybridized carbons (Fsp3) is 0.400. The standard InChI is InChI=1S/C15H16FN5O/c16-13-6-11(2-3-12(13)7-17)9-21-5-1-4-15(22,10-21)14-8-18-20-19-14/h2-3,6,8,22H,1,4-5,9-10H2,(H,18,19,20). The van der Waals surface area contributed by atoms with Crippen LogP contribution >= 0.6 is 0 Å². The van der Waals surface area contributed by atoms with Gasteiger partial charge in [-0.15, -0.1) is 0 Å². The van der Waals surface area contributed by atoms with Crippen molar-refractivity contribution >= 4 is 0 Å². The van der Waals surface area contributed by atoms with Gasteiger partial charge in [0.15, 0.2) is 0 Å². The van der Waals surface area contributed by atoms with E-state index in [1.807, 2.05) is 6.07 Å². The van der Waals surface area contributed by atoms with Crippen molar-refractivity contribution in [1.82, 2.24) is 20.3 Å². The van der Waals surface area contributed by atoms with Crippen molar-refractivity contribution in [2.45, 2.75) is 25.0 Å². The predicted octanol–water partition coefficient (Wildman–Crippen LogP) is 1.30.